The van der Waals surface area contributed by atoms with Crippen molar-refractivity contribution in [3.63, 3.8) is 0 Å². The van der Waals surface area contributed by atoms with Gasteiger partial charge in [0.25, 0.3) is 0 Å². The molecule has 202 valence electrons. The predicted octanol–water partition coefficient (Wildman–Crippen LogP) is 4.37. The second kappa shape index (κ2) is 10.3. The van der Waals surface area contributed by atoms with Crippen LogP contribution in [-0.2, 0) is 11.2 Å². The summed E-state index contributed by atoms with van der Waals surface area (Å²) in [5.74, 6) is 1.54. The van der Waals surface area contributed by atoms with E-state index in [1.807, 2.05) is 4.68 Å². The van der Waals surface area contributed by atoms with Crippen molar-refractivity contribution in [2.45, 2.75) is 83.2 Å². The van der Waals surface area contributed by atoms with E-state index in [9.17, 15) is 10.1 Å². The zero-order valence-corrected chi connectivity index (χ0v) is 22.7. The van der Waals surface area contributed by atoms with Crippen LogP contribution in [0.3, 0.4) is 0 Å². The second-order valence-electron chi connectivity index (χ2n) is 10.8. The Morgan fingerprint density at radius 2 is 2.10 bits per heavy atom. The van der Waals surface area contributed by atoms with Crippen LogP contribution in [0.25, 0.3) is 28.4 Å². The number of hydrogen-bond acceptors (Lipinski definition) is 9. The molecular weight excluding hydrogens is 494 g/mol. The van der Waals surface area contributed by atoms with Gasteiger partial charge in [-0.05, 0) is 59.0 Å². The van der Waals surface area contributed by atoms with Gasteiger partial charge in [0, 0.05) is 18.0 Å². The number of ketones is 1. The van der Waals surface area contributed by atoms with Crippen molar-refractivity contribution in [3.8, 4) is 23.4 Å². The summed E-state index contributed by atoms with van der Waals surface area (Å²) < 4.78 is 9.40. The van der Waals surface area contributed by atoms with E-state index in [-0.39, 0.29) is 17.7 Å². The average Bonchev–Trinajstić information content (AvgIpc) is 3.75. The Bertz CT molecular complexity index is 1560. The zero-order chi connectivity index (χ0) is 27.1. The van der Waals surface area contributed by atoms with Crippen LogP contribution in [0.4, 0.5) is 0 Å². The smallest absolute Gasteiger partial charge is 0.186 e. The monoisotopic (exact) mass is 527 g/mol. The maximum atomic E-state index is 13.0. The highest BCUT2D eigenvalue weighted by Crippen LogP contribution is 2.39. The summed E-state index contributed by atoms with van der Waals surface area (Å²) in [5.41, 5.74) is 2.59. The molecule has 0 aromatic carbocycles. The van der Waals surface area contributed by atoms with Crippen molar-refractivity contribution in [3.05, 3.63) is 35.5 Å². The van der Waals surface area contributed by atoms with E-state index in [4.69, 9.17) is 19.6 Å². The molecule has 1 aliphatic heterocycles. The summed E-state index contributed by atoms with van der Waals surface area (Å²) in [7, 11) is 2.15. The van der Waals surface area contributed by atoms with E-state index in [1.165, 1.54) is 6.20 Å². The summed E-state index contributed by atoms with van der Waals surface area (Å²) in [6, 6.07) is 2.57. The Kier molecular flexibility index (Phi) is 6.73. The van der Waals surface area contributed by atoms with Gasteiger partial charge < -0.3 is 9.42 Å². The third-order valence-electron chi connectivity index (χ3n) is 8.31. The number of likely N-dealkylation sites (N-methyl/N-ethyl adjacent to an activating group) is 1. The number of fused-ring (bicyclic) bond motifs is 2. The van der Waals surface area contributed by atoms with Crippen molar-refractivity contribution < 1.29 is 9.32 Å². The number of unbranched alkanes of at least 4 members (excludes halogenated alkanes) is 1. The van der Waals surface area contributed by atoms with Crippen LogP contribution in [0.2, 0.25) is 0 Å². The van der Waals surface area contributed by atoms with Gasteiger partial charge in [0.05, 0.1) is 41.5 Å². The molecule has 39 heavy (non-hydrogen) atoms. The number of carbonyl (C=O) groups is 1. The van der Waals surface area contributed by atoms with E-state index in [0.29, 0.717) is 46.8 Å². The fraction of sp³-hybridized carbons (Fsp3) is 0.536. The molecule has 0 radical (unpaired) electrons. The minimum Gasteiger partial charge on any atom is -0.360 e. The first-order valence-electron chi connectivity index (χ1n) is 13.9. The van der Waals surface area contributed by atoms with Gasteiger partial charge >= 0.3 is 0 Å². The van der Waals surface area contributed by atoms with Crippen LogP contribution in [0, 0.1) is 11.3 Å². The summed E-state index contributed by atoms with van der Waals surface area (Å²) >= 11 is 0. The van der Waals surface area contributed by atoms with Gasteiger partial charge in [0.1, 0.15) is 11.9 Å². The molecule has 0 amide bonds. The highest BCUT2D eigenvalue weighted by molar-refractivity contribution is 5.87. The molecule has 1 saturated heterocycles. The first kappa shape index (κ1) is 25.4. The lowest BCUT2D eigenvalue weighted by atomic mass is 9.83. The Labute approximate surface area is 226 Å². The number of nitrogens with zero attached hydrogens (tertiary/aromatic N) is 9. The molecule has 3 atom stereocenters. The molecule has 5 heterocycles. The number of aromatic nitrogens is 7. The third kappa shape index (κ3) is 4.42. The van der Waals surface area contributed by atoms with Gasteiger partial charge in [-0.25, -0.2) is 19.3 Å². The Morgan fingerprint density at radius 1 is 1.23 bits per heavy atom. The lowest BCUT2D eigenvalue weighted by Gasteiger charge is -2.26. The predicted molar refractivity (Wildman–Crippen MR) is 143 cm³/mol. The second-order valence-corrected chi connectivity index (χ2v) is 10.8. The van der Waals surface area contributed by atoms with Gasteiger partial charge in [-0.15, -0.1) is 0 Å². The number of rotatable bonds is 8. The maximum Gasteiger partial charge on any atom is 0.186 e. The molecular formula is C28H33N9O2. The minimum absolute atomic E-state index is 0.0877. The van der Waals surface area contributed by atoms with Gasteiger partial charge in [-0.1, -0.05) is 18.5 Å². The quantitative estimate of drug-likeness (QED) is 0.327. The Morgan fingerprint density at radius 3 is 2.85 bits per heavy atom. The molecule has 0 saturated carbocycles. The standard InChI is InChI=1S/C28H33N9O2/c1-4-5-11-23(38)19-8-6-9-20-24(34-39-25(19)20)26-32-27(36-16-18(13-29)14-30-36)21-15-31-37(28(21)33-26)17(2)22-10-7-12-35(22)3/h14-17,19,22H,4-12H2,1-3H3/t17?,19-,22?/m1/s1. The van der Waals surface area contributed by atoms with E-state index < -0.39 is 0 Å². The number of nitriles is 1. The van der Waals surface area contributed by atoms with Gasteiger partial charge in [-0.2, -0.15) is 15.5 Å². The lowest BCUT2D eigenvalue weighted by molar-refractivity contribution is -0.121. The highest BCUT2D eigenvalue weighted by atomic mass is 16.5. The summed E-state index contributed by atoms with van der Waals surface area (Å²) in [6.45, 7) is 5.33. The van der Waals surface area contributed by atoms with Crippen molar-refractivity contribution in [2.24, 2.45) is 0 Å². The first-order chi connectivity index (χ1) is 19.0. The number of carbonyl (C=O) groups excluding carboxylic acids is 1. The van der Waals surface area contributed by atoms with E-state index >= 15 is 0 Å². The zero-order valence-electron chi connectivity index (χ0n) is 22.7. The SMILES string of the molecule is CCCCC(=O)[C@H]1CCCc2c(-c3nc(-n4cc(C#N)cn4)c4cnn(C(C)C5CCCN5C)c4n3)noc21. The van der Waals surface area contributed by atoms with Crippen molar-refractivity contribution >= 4 is 16.8 Å². The largest absolute Gasteiger partial charge is 0.360 e. The molecule has 0 N–H and O–H groups in total. The molecule has 4 aromatic heterocycles. The molecule has 2 unspecified atom stereocenters. The molecule has 0 bridgehead atoms. The molecule has 11 nitrogen and oxygen atoms in total. The Hall–Kier alpha value is -3.91. The summed E-state index contributed by atoms with van der Waals surface area (Å²) in [5, 5.41) is 23.7. The van der Waals surface area contributed by atoms with E-state index in [0.717, 1.165) is 62.4 Å². The van der Waals surface area contributed by atoms with Crippen LogP contribution in [0.5, 0.6) is 0 Å². The van der Waals surface area contributed by atoms with Crippen LogP contribution in [0.15, 0.2) is 23.1 Å². The molecule has 0 spiro atoms. The minimum atomic E-state index is -0.266. The summed E-state index contributed by atoms with van der Waals surface area (Å²) in [4.78, 5) is 25.2. The average molecular weight is 528 g/mol. The third-order valence-corrected chi connectivity index (χ3v) is 8.31. The van der Waals surface area contributed by atoms with Crippen LogP contribution < -0.4 is 0 Å². The first-order valence-corrected chi connectivity index (χ1v) is 13.9. The lowest BCUT2D eigenvalue weighted by Crippen LogP contribution is -2.33. The van der Waals surface area contributed by atoms with Crippen LogP contribution >= 0.6 is 0 Å². The topological polar surface area (TPSA) is 132 Å². The fourth-order valence-corrected chi connectivity index (χ4v) is 6.15. The van der Waals surface area contributed by atoms with Gasteiger partial charge in [0.2, 0.25) is 0 Å². The molecule has 1 aliphatic carbocycles. The van der Waals surface area contributed by atoms with Crippen molar-refractivity contribution in [1.29, 1.82) is 5.26 Å². The number of Topliss-reactive ketones (excluding diaryl/α,β-unsaturated/α-hetero) is 1. The van der Waals surface area contributed by atoms with Crippen molar-refractivity contribution in [1.82, 2.24) is 39.6 Å². The van der Waals surface area contributed by atoms with E-state index in [1.54, 1.807) is 17.1 Å². The van der Waals surface area contributed by atoms with Gasteiger partial charge in [-0.3, -0.25) is 4.79 Å². The molecule has 2 aliphatic rings. The normalized spacial score (nSPS) is 20.3. The maximum absolute atomic E-state index is 13.0. The number of likely N-dealkylation sites (tertiary alicyclic amines) is 1. The highest BCUT2D eigenvalue weighted by Gasteiger charge is 2.34. The number of hydrogen-bond donors (Lipinski definition) is 0. The van der Waals surface area contributed by atoms with Crippen molar-refractivity contribution in [2.75, 3.05) is 13.6 Å². The van der Waals surface area contributed by atoms with Crippen LogP contribution in [-0.4, -0.2) is 65.0 Å². The molecule has 11 heteroatoms. The fourth-order valence-electron chi connectivity index (χ4n) is 6.15. The molecule has 1 fully saturated rings. The Balaban J connectivity index is 1.48. The van der Waals surface area contributed by atoms with E-state index in [2.05, 4.69) is 42.1 Å². The van der Waals surface area contributed by atoms with Crippen LogP contribution in [0.1, 0.15) is 87.6 Å². The molecule has 4 aromatic rings. The summed E-state index contributed by atoms with van der Waals surface area (Å²) in [6.07, 6.45) is 12.0. The molecule has 6 rings (SSSR count). The van der Waals surface area contributed by atoms with Gasteiger partial charge in [0.15, 0.2) is 28.7 Å².